The Labute approximate surface area is 141 Å². The second-order valence-electron chi connectivity index (χ2n) is 6.07. The lowest BCUT2D eigenvalue weighted by molar-refractivity contribution is 0.630. The van der Waals surface area contributed by atoms with Gasteiger partial charge in [0, 0.05) is 44.6 Å². The number of H-pyrrole nitrogens is 1. The molecular weight excluding hydrogens is 302 g/mol. The third-order valence-electron chi connectivity index (χ3n) is 4.58. The maximum absolute atomic E-state index is 4.40. The van der Waals surface area contributed by atoms with Crippen molar-refractivity contribution in [2.75, 3.05) is 36.0 Å². The van der Waals surface area contributed by atoms with Crippen LogP contribution in [0, 0.1) is 6.92 Å². The standard InChI is InChI=1S/C17H21N7/c1-13-15(19-12-18-13)16-20-21-17(22(16)2)24-10-8-23(9-11-24)14-6-4-3-5-7-14/h3-7,12H,8-11H2,1-2H3,(H,18,19). The number of anilines is 2. The highest BCUT2D eigenvalue weighted by molar-refractivity contribution is 5.56. The molecule has 1 fully saturated rings. The van der Waals surface area contributed by atoms with E-state index in [1.807, 2.05) is 18.5 Å². The minimum Gasteiger partial charge on any atom is -0.368 e. The molecule has 1 aliphatic heterocycles. The predicted octanol–water partition coefficient (Wildman–Crippen LogP) is 1.84. The average molecular weight is 323 g/mol. The molecule has 0 aliphatic carbocycles. The summed E-state index contributed by atoms with van der Waals surface area (Å²) in [6, 6.07) is 10.6. The number of aryl methyl sites for hydroxylation is 1. The Morgan fingerprint density at radius 2 is 1.67 bits per heavy atom. The van der Waals surface area contributed by atoms with Crippen molar-refractivity contribution < 1.29 is 0 Å². The Morgan fingerprint density at radius 3 is 2.33 bits per heavy atom. The highest BCUT2D eigenvalue weighted by atomic mass is 15.4. The largest absolute Gasteiger partial charge is 0.368 e. The molecule has 0 unspecified atom stereocenters. The van der Waals surface area contributed by atoms with Crippen LogP contribution in [0.25, 0.3) is 11.5 Å². The summed E-state index contributed by atoms with van der Waals surface area (Å²) in [6.07, 6.45) is 1.69. The van der Waals surface area contributed by atoms with Gasteiger partial charge in [0.2, 0.25) is 5.95 Å². The predicted molar refractivity (Wildman–Crippen MR) is 94.2 cm³/mol. The lowest BCUT2D eigenvalue weighted by Gasteiger charge is -2.36. The third-order valence-corrected chi connectivity index (χ3v) is 4.58. The lowest BCUT2D eigenvalue weighted by atomic mass is 10.2. The number of nitrogens with zero attached hydrogens (tertiary/aromatic N) is 6. The van der Waals surface area contributed by atoms with Crippen LogP contribution < -0.4 is 9.80 Å². The lowest BCUT2D eigenvalue weighted by Crippen LogP contribution is -2.47. The van der Waals surface area contributed by atoms with Gasteiger partial charge in [-0.3, -0.25) is 4.57 Å². The fourth-order valence-corrected chi connectivity index (χ4v) is 3.19. The van der Waals surface area contributed by atoms with Gasteiger partial charge in [-0.2, -0.15) is 0 Å². The normalized spacial score (nSPS) is 15.1. The Hall–Kier alpha value is -2.83. The summed E-state index contributed by atoms with van der Waals surface area (Å²) in [5.41, 5.74) is 3.15. The number of hydrogen-bond donors (Lipinski definition) is 1. The van der Waals surface area contributed by atoms with Gasteiger partial charge in [0.05, 0.1) is 6.33 Å². The molecular formula is C17H21N7. The van der Waals surface area contributed by atoms with Crippen molar-refractivity contribution in [2.24, 2.45) is 7.05 Å². The molecule has 1 N–H and O–H groups in total. The van der Waals surface area contributed by atoms with E-state index in [0.29, 0.717) is 0 Å². The number of benzene rings is 1. The van der Waals surface area contributed by atoms with Crippen LogP contribution in [0.3, 0.4) is 0 Å². The van der Waals surface area contributed by atoms with E-state index in [2.05, 4.69) is 60.3 Å². The van der Waals surface area contributed by atoms with Gasteiger partial charge < -0.3 is 14.8 Å². The zero-order valence-electron chi connectivity index (χ0n) is 14.0. The molecule has 0 radical (unpaired) electrons. The van der Waals surface area contributed by atoms with E-state index in [4.69, 9.17) is 0 Å². The first-order valence-corrected chi connectivity index (χ1v) is 8.18. The van der Waals surface area contributed by atoms with Crippen LogP contribution in [-0.4, -0.2) is 50.9 Å². The zero-order chi connectivity index (χ0) is 16.5. The van der Waals surface area contributed by atoms with E-state index in [1.165, 1.54) is 5.69 Å². The quantitative estimate of drug-likeness (QED) is 0.797. The molecule has 0 amide bonds. The minimum absolute atomic E-state index is 0.800. The molecule has 3 heterocycles. The molecule has 7 nitrogen and oxygen atoms in total. The maximum Gasteiger partial charge on any atom is 0.227 e. The number of aromatic amines is 1. The number of rotatable bonds is 3. The number of piperazine rings is 1. The number of nitrogens with one attached hydrogen (secondary N) is 1. The summed E-state index contributed by atoms with van der Waals surface area (Å²) in [4.78, 5) is 12.1. The van der Waals surface area contributed by atoms with E-state index in [-0.39, 0.29) is 0 Å². The first kappa shape index (κ1) is 14.7. The van der Waals surface area contributed by atoms with Crippen LogP contribution in [0.15, 0.2) is 36.7 Å². The van der Waals surface area contributed by atoms with Crippen LogP contribution in [-0.2, 0) is 7.05 Å². The molecule has 3 aromatic rings. The minimum atomic E-state index is 0.800. The number of hydrogen-bond acceptors (Lipinski definition) is 5. The first-order chi connectivity index (χ1) is 11.7. The number of aromatic nitrogens is 5. The topological polar surface area (TPSA) is 65.9 Å². The van der Waals surface area contributed by atoms with E-state index in [0.717, 1.165) is 49.3 Å². The highest BCUT2D eigenvalue weighted by Gasteiger charge is 2.23. The summed E-state index contributed by atoms with van der Waals surface area (Å²) < 4.78 is 2.03. The molecule has 1 aromatic carbocycles. The summed E-state index contributed by atoms with van der Waals surface area (Å²) in [6.45, 7) is 5.82. The molecule has 4 rings (SSSR count). The van der Waals surface area contributed by atoms with Crippen LogP contribution in [0.1, 0.15) is 5.69 Å². The van der Waals surface area contributed by atoms with Crippen molar-refractivity contribution in [1.82, 2.24) is 24.7 Å². The van der Waals surface area contributed by atoms with E-state index in [1.54, 1.807) is 6.33 Å². The molecule has 7 heteroatoms. The molecule has 0 spiro atoms. The Kier molecular flexibility index (Phi) is 3.68. The first-order valence-electron chi connectivity index (χ1n) is 8.18. The van der Waals surface area contributed by atoms with Crippen molar-refractivity contribution in [2.45, 2.75) is 6.92 Å². The SMILES string of the molecule is Cc1[nH]cnc1-c1nnc(N2CCN(c3ccccc3)CC2)n1C. The van der Waals surface area contributed by atoms with Crippen molar-refractivity contribution in [1.29, 1.82) is 0 Å². The van der Waals surface area contributed by atoms with Crippen LogP contribution >= 0.6 is 0 Å². The van der Waals surface area contributed by atoms with Crippen LogP contribution in [0.4, 0.5) is 11.6 Å². The van der Waals surface area contributed by atoms with Crippen molar-refractivity contribution in [3.8, 4) is 11.5 Å². The third kappa shape index (κ3) is 2.51. The van der Waals surface area contributed by atoms with Crippen molar-refractivity contribution in [3.05, 3.63) is 42.4 Å². The van der Waals surface area contributed by atoms with Crippen LogP contribution in [0.5, 0.6) is 0 Å². The van der Waals surface area contributed by atoms with Gasteiger partial charge in [0.25, 0.3) is 0 Å². The van der Waals surface area contributed by atoms with E-state index >= 15 is 0 Å². The van der Waals surface area contributed by atoms with Crippen molar-refractivity contribution >= 4 is 11.6 Å². The van der Waals surface area contributed by atoms with Gasteiger partial charge in [0.1, 0.15) is 5.69 Å². The molecule has 124 valence electrons. The Bertz CT molecular complexity index is 813. The molecule has 0 saturated carbocycles. The molecule has 1 aliphatic rings. The van der Waals surface area contributed by atoms with Gasteiger partial charge >= 0.3 is 0 Å². The summed E-state index contributed by atoms with van der Waals surface area (Å²) >= 11 is 0. The molecule has 0 atom stereocenters. The number of para-hydroxylation sites is 1. The number of imidazole rings is 1. The van der Waals surface area contributed by atoms with Gasteiger partial charge in [-0.15, -0.1) is 10.2 Å². The summed E-state index contributed by atoms with van der Waals surface area (Å²) in [7, 11) is 2.00. The fraction of sp³-hybridized carbons (Fsp3) is 0.353. The van der Waals surface area contributed by atoms with Crippen LogP contribution in [0.2, 0.25) is 0 Å². The van der Waals surface area contributed by atoms with Gasteiger partial charge in [-0.25, -0.2) is 4.98 Å². The second-order valence-corrected chi connectivity index (χ2v) is 6.07. The molecule has 1 saturated heterocycles. The van der Waals surface area contributed by atoms with Gasteiger partial charge in [0.15, 0.2) is 5.82 Å². The van der Waals surface area contributed by atoms with Crippen molar-refractivity contribution in [3.63, 3.8) is 0 Å². The maximum atomic E-state index is 4.40. The smallest absolute Gasteiger partial charge is 0.227 e. The van der Waals surface area contributed by atoms with Gasteiger partial charge in [-0.1, -0.05) is 18.2 Å². The van der Waals surface area contributed by atoms with Gasteiger partial charge in [-0.05, 0) is 19.1 Å². The summed E-state index contributed by atoms with van der Waals surface area (Å²) in [5.74, 6) is 1.70. The van der Waals surface area contributed by atoms with E-state index < -0.39 is 0 Å². The molecule has 0 bridgehead atoms. The zero-order valence-corrected chi connectivity index (χ0v) is 14.0. The Morgan fingerprint density at radius 1 is 0.958 bits per heavy atom. The average Bonchev–Trinajstić information content (AvgIpc) is 3.21. The Balaban J connectivity index is 1.51. The highest BCUT2D eigenvalue weighted by Crippen LogP contribution is 2.23. The molecule has 2 aromatic heterocycles. The second kappa shape index (κ2) is 5.99. The monoisotopic (exact) mass is 323 g/mol. The van der Waals surface area contributed by atoms with E-state index in [9.17, 15) is 0 Å². The fourth-order valence-electron chi connectivity index (χ4n) is 3.19. The molecule has 24 heavy (non-hydrogen) atoms. The summed E-state index contributed by atoms with van der Waals surface area (Å²) in [5, 5.41) is 8.75.